The van der Waals surface area contributed by atoms with E-state index in [1.54, 1.807) is 0 Å². The molecule has 0 bridgehead atoms. The maximum absolute atomic E-state index is 5.66. The monoisotopic (exact) mass is 199 g/mol. The van der Waals surface area contributed by atoms with Gasteiger partial charge >= 0.3 is 0 Å². The predicted molar refractivity (Wildman–Crippen MR) is 51.9 cm³/mol. The summed E-state index contributed by atoms with van der Waals surface area (Å²) in [4.78, 5) is 0. The van der Waals surface area contributed by atoms with Crippen LogP contribution in [-0.4, -0.2) is 5.16 Å². The van der Waals surface area contributed by atoms with Crippen LogP contribution in [0.3, 0.4) is 0 Å². The van der Waals surface area contributed by atoms with Crippen LogP contribution < -0.4 is 0 Å². The third-order valence-electron chi connectivity index (χ3n) is 2.72. The van der Waals surface area contributed by atoms with E-state index in [1.165, 1.54) is 32.1 Å². The minimum absolute atomic E-state index is 0.455. The van der Waals surface area contributed by atoms with Crippen molar-refractivity contribution in [2.24, 2.45) is 0 Å². The van der Waals surface area contributed by atoms with Crippen LogP contribution in [0.2, 0.25) is 0 Å². The molecule has 2 rings (SSSR count). The van der Waals surface area contributed by atoms with Gasteiger partial charge in [-0.15, -0.1) is 11.6 Å². The van der Waals surface area contributed by atoms with E-state index in [-0.39, 0.29) is 0 Å². The molecule has 0 spiro atoms. The normalized spacial score (nSPS) is 19.2. The molecule has 1 saturated carbocycles. The van der Waals surface area contributed by atoms with Gasteiger partial charge in [-0.3, -0.25) is 0 Å². The van der Waals surface area contributed by atoms with Crippen LogP contribution in [0.25, 0.3) is 0 Å². The minimum Gasteiger partial charge on any atom is -0.361 e. The van der Waals surface area contributed by atoms with Gasteiger partial charge in [0.1, 0.15) is 5.76 Å². The molecule has 1 aromatic heterocycles. The number of alkyl halides is 1. The van der Waals surface area contributed by atoms with E-state index in [9.17, 15) is 0 Å². The molecule has 0 unspecified atom stereocenters. The molecule has 1 aliphatic rings. The summed E-state index contributed by atoms with van der Waals surface area (Å²) in [6.45, 7) is 0. The zero-order valence-electron chi connectivity index (χ0n) is 7.63. The van der Waals surface area contributed by atoms with E-state index < -0.39 is 0 Å². The van der Waals surface area contributed by atoms with Gasteiger partial charge in [0.15, 0.2) is 0 Å². The van der Waals surface area contributed by atoms with Crippen molar-refractivity contribution in [1.82, 2.24) is 5.16 Å². The molecule has 0 atom stereocenters. The zero-order chi connectivity index (χ0) is 9.10. The maximum Gasteiger partial charge on any atom is 0.140 e. The lowest BCUT2D eigenvalue weighted by Gasteiger charge is -2.18. The Morgan fingerprint density at radius 2 is 2.15 bits per heavy atom. The Kier molecular flexibility index (Phi) is 2.89. The van der Waals surface area contributed by atoms with Crippen LogP contribution in [0.15, 0.2) is 10.6 Å². The fourth-order valence-corrected chi connectivity index (χ4v) is 2.10. The molecule has 2 nitrogen and oxygen atoms in total. The second kappa shape index (κ2) is 4.14. The molecule has 0 amide bonds. The van der Waals surface area contributed by atoms with Gasteiger partial charge in [-0.25, -0.2) is 0 Å². The number of aromatic nitrogens is 1. The van der Waals surface area contributed by atoms with Crippen molar-refractivity contribution in [2.75, 3.05) is 0 Å². The van der Waals surface area contributed by atoms with E-state index in [0.717, 1.165) is 11.5 Å². The average Bonchev–Trinajstić information content (AvgIpc) is 2.67. The smallest absolute Gasteiger partial charge is 0.140 e. The summed E-state index contributed by atoms with van der Waals surface area (Å²) < 4.78 is 5.26. The Morgan fingerprint density at radius 3 is 2.77 bits per heavy atom. The lowest BCUT2D eigenvalue weighted by molar-refractivity contribution is 0.319. The molecule has 0 radical (unpaired) electrons. The Bertz CT molecular complexity index is 266. The molecule has 0 aromatic carbocycles. The molecular weight excluding hydrogens is 186 g/mol. The molecule has 1 aliphatic carbocycles. The molecule has 1 heterocycles. The first kappa shape index (κ1) is 9.07. The maximum atomic E-state index is 5.66. The molecule has 72 valence electrons. The Balaban J connectivity index is 2.05. The van der Waals surface area contributed by atoms with Gasteiger partial charge in [0, 0.05) is 12.0 Å². The number of hydrogen-bond acceptors (Lipinski definition) is 2. The summed E-state index contributed by atoms with van der Waals surface area (Å²) >= 11 is 5.66. The molecule has 3 heteroatoms. The molecule has 13 heavy (non-hydrogen) atoms. The van der Waals surface area contributed by atoms with E-state index in [1.807, 2.05) is 6.07 Å². The highest BCUT2D eigenvalue weighted by molar-refractivity contribution is 6.16. The van der Waals surface area contributed by atoms with Crippen molar-refractivity contribution in [2.45, 2.75) is 43.9 Å². The summed E-state index contributed by atoms with van der Waals surface area (Å²) in [6, 6.07) is 2.00. The van der Waals surface area contributed by atoms with Crippen molar-refractivity contribution >= 4 is 11.6 Å². The van der Waals surface area contributed by atoms with Crippen molar-refractivity contribution in [3.63, 3.8) is 0 Å². The van der Waals surface area contributed by atoms with Crippen molar-refractivity contribution < 1.29 is 4.52 Å². The Hall–Kier alpha value is -0.500. The molecule has 0 aliphatic heterocycles. The van der Waals surface area contributed by atoms with Gasteiger partial charge in [-0.05, 0) is 12.8 Å². The van der Waals surface area contributed by atoms with Crippen LogP contribution in [-0.2, 0) is 5.88 Å². The van der Waals surface area contributed by atoms with Gasteiger partial charge in [-0.2, -0.15) is 0 Å². The molecule has 1 fully saturated rings. The second-order valence-corrected chi connectivity index (χ2v) is 3.96. The summed E-state index contributed by atoms with van der Waals surface area (Å²) in [7, 11) is 0. The quantitative estimate of drug-likeness (QED) is 0.682. The lowest BCUT2D eigenvalue weighted by atomic mass is 9.87. The van der Waals surface area contributed by atoms with Crippen molar-refractivity contribution in [3.05, 3.63) is 17.5 Å². The number of halogens is 1. The topological polar surface area (TPSA) is 26.0 Å². The van der Waals surface area contributed by atoms with E-state index >= 15 is 0 Å². The van der Waals surface area contributed by atoms with Crippen LogP contribution >= 0.6 is 11.6 Å². The van der Waals surface area contributed by atoms with E-state index in [0.29, 0.717) is 11.8 Å². The van der Waals surface area contributed by atoms with Crippen molar-refractivity contribution in [3.8, 4) is 0 Å². The number of hydrogen-bond donors (Lipinski definition) is 0. The summed E-state index contributed by atoms with van der Waals surface area (Å²) in [5.41, 5.74) is 0.863. The van der Waals surface area contributed by atoms with Crippen LogP contribution in [0, 0.1) is 0 Å². The van der Waals surface area contributed by atoms with Gasteiger partial charge in [0.05, 0.1) is 11.6 Å². The molecule has 1 aromatic rings. The van der Waals surface area contributed by atoms with Gasteiger partial charge in [-0.1, -0.05) is 24.4 Å². The first-order valence-electron chi connectivity index (χ1n) is 4.91. The third kappa shape index (κ3) is 2.05. The first-order valence-corrected chi connectivity index (χ1v) is 5.45. The van der Waals surface area contributed by atoms with Crippen LogP contribution in [0.5, 0.6) is 0 Å². The third-order valence-corrected chi connectivity index (χ3v) is 3.00. The van der Waals surface area contributed by atoms with Crippen LogP contribution in [0.1, 0.15) is 49.5 Å². The largest absolute Gasteiger partial charge is 0.361 e. The lowest BCUT2D eigenvalue weighted by Crippen LogP contribution is -2.02. The van der Waals surface area contributed by atoms with E-state index in [4.69, 9.17) is 16.1 Å². The predicted octanol–water partition coefficient (Wildman–Crippen LogP) is 3.46. The first-order chi connectivity index (χ1) is 6.40. The molecule has 0 saturated heterocycles. The highest BCUT2D eigenvalue weighted by Gasteiger charge is 2.19. The van der Waals surface area contributed by atoms with Gasteiger partial charge in [0.2, 0.25) is 0 Å². The fourth-order valence-electron chi connectivity index (χ4n) is 1.97. The van der Waals surface area contributed by atoms with Crippen molar-refractivity contribution in [1.29, 1.82) is 0 Å². The standard InChI is InChI=1S/C10H14ClNO/c11-7-9-6-10(13-12-9)8-4-2-1-3-5-8/h6,8H,1-5,7H2. The average molecular weight is 200 g/mol. The summed E-state index contributed by atoms with van der Waals surface area (Å²) in [6.07, 6.45) is 6.50. The zero-order valence-corrected chi connectivity index (χ0v) is 8.39. The van der Waals surface area contributed by atoms with Gasteiger partial charge < -0.3 is 4.52 Å². The number of rotatable bonds is 2. The number of nitrogens with zero attached hydrogens (tertiary/aromatic N) is 1. The second-order valence-electron chi connectivity index (χ2n) is 3.69. The van der Waals surface area contributed by atoms with E-state index in [2.05, 4.69) is 5.16 Å². The summed E-state index contributed by atoms with van der Waals surface area (Å²) in [5, 5.41) is 3.90. The van der Waals surface area contributed by atoms with Crippen LogP contribution in [0.4, 0.5) is 0 Å². The van der Waals surface area contributed by atoms with Gasteiger partial charge in [0.25, 0.3) is 0 Å². The highest BCUT2D eigenvalue weighted by Crippen LogP contribution is 2.32. The SMILES string of the molecule is ClCc1cc(C2CCCCC2)on1. The molecular formula is C10H14ClNO. The molecule has 0 N–H and O–H groups in total. The Labute approximate surface area is 83.2 Å². The minimum atomic E-state index is 0.455. The fraction of sp³-hybridized carbons (Fsp3) is 0.700. The highest BCUT2D eigenvalue weighted by atomic mass is 35.5. The summed E-state index contributed by atoms with van der Waals surface area (Å²) in [5.74, 6) is 2.09. The Morgan fingerprint density at radius 1 is 1.38 bits per heavy atom.